The Kier molecular flexibility index (Phi) is 2.83. The number of Topliss-reactive ketones (excluding diaryl/α,β-unsaturated/α-hetero) is 1. The molecule has 1 rings (SSSR count). The van der Waals surface area contributed by atoms with Crippen molar-refractivity contribution >= 4 is 5.78 Å². The Morgan fingerprint density at radius 2 is 2.40 bits per heavy atom. The molecule has 0 spiro atoms. The lowest BCUT2D eigenvalue weighted by Crippen LogP contribution is -2.23. The Morgan fingerprint density at radius 1 is 1.60 bits per heavy atom. The van der Waals surface area contributed by atoms with Crippen molar-refractivity contribution in [3.8, 4) is 0 Å². The van der Waals surface area contributed by atoms with Crippen LogP contribution in [-0.4, -0.2) is 30.5 Å². The van der Waals surface area contributed by atoms with Gasteiger partial charge in [-0.15, -0.1) is 0 Å². The molecular weight excluding hydrogens is 130 g/mol. The van der Waals surface area contributed by atoms with Crippen molar-refractivity contribution in [1.29, 1.82) is 0 Å². The van der Waals surface area contributed by atoms with Crippen molar-refractivity contribution in [3.63, 3.8) is 0 Å². The summed E-state index contributed by atoms with van der Waals surface area (Å²) in [5, 5.41) is 1.84. The summed E-state index contributed by atoms with van der Waals surface area (Å²) in [6, 6.07) is 0. The first-order valence-corrected chi connectivity index (χ1v) is 3.72. The molecule has 1 saturated heterocycles. The summed E-state index contributed by atoms with van der Waals surface area (Å²) in [6.45, 7) is 4.21. The Balaban J connectivity index is 2.33. The molecule has 10 heavy (non-hydrogen) atoms. The average molecular weight is 143 g/mol. The van der Waals surface area contributed by atoms with Crippen LogP contribution in [0.5, 0.6) is 0 Å². The monoisotopic (exact) mass is 143 g/mol. The largest absolute Gasteiger partial charge is 0.300 e. The normalized spacial score (nSPS) is 22.7. The fourth-order valence-corrected chi connectivity index (χ4v) is 0.977. The lowest BCUT2D eigenvalue weighted by molar-refractivity contribution is -0.148. The number of hydrogen-bond donors (Lipinski definition) is 0. The molecule has 0 aromatic rings. The molecule has 0 N–H and O–H groups in total. The summed E-state index contributed by atoms with van der Waals surface area (Å²) in [7, 11) is 0. The maximum atomic E-state index is 10.8. The second-order valence-corrected chi connectivity index (χ2v) is 2.39. The van der Waals surface area contributed by atoms with Gasteiger partial charge in [0.1, 0.15) is 5.78 Å². The minimum atomic E-state index is 0.316. The van der Waals surface area contributed by atoms with Crippen LogP contribution in [0, 0.1) is 0 Å². The molecule has 0 amide bonds. The van der Waals surface area contributed by atoms with Gasteiger partial charge in [0.05, 0.1) is 6.61 Å². The quantitative estimate of drug-likeness (QED) is 0.538. The van der Waals surface area contributed by atoms with E-state index in [0.29, 0.717) is 25.2 Å². The zero-order valence-corrected chi connectivity index (χ0v) is 6.30. The zero-order chi connectivity index (χ0) is 7.40. The lowest BCUT2D eigenvalue weighted by atomic mass is 10.2. The summed E-state index contributed by atoms with van der Waals surface area (Å²) >= 11 is 0. The van der Waals surface area contributed by atoms with Crippen LogP contribution >= 0.6 is 0 Å². The first-order chi connectivity index (χ1) is 4.83. The van der Waals surface area contributed by atoms with Crippen molar-refractivity contribution < 1.29 is 9.63 Å². The van der Waals surface area contributed by atoms with Gasteiger partial charge >= 0.3 is 0 Å². The van der Waals surface area contributed by atoms with Crippen LogP contribution in [0.15, 0.2) is 0 Å². The zero-order valence-electron chi connectivity index (χ0n) is 6.30. The van der Waals surface area contributed by atoms with Gasteiger partial charge in [-0.05, 0) is 0 Å². The standard InChI is InChI=1S/C7H13NO2/c1-2-8-5-3-7(9)4-6-10-8/h2-6H2,1H3. The van der Waals surface area contributed by atoms with Crippen LogP contribution in [0.2, 0.25) is 0 Å². The summed E-state index contributed by atoms with van der Waals surface area (Å²) in [5.41, 5.74) is 0. The molecule has 0 radical (unpaired) electrons. The van der Waals surface area contributed by atoms with E-state index >= 15 is 0 Å². The predicted molar refractivity (Wildman–Crippen MR) is 37.4 cm³/mol. The molecule has 0 saturated carbocycles. The molecule has 1 fully saturated rings. The number of carbonyl (C=O) groups excluding carboxylic acids is 1. The van der Waals surface area contributed by atoms with Crippen LogP contribution in [0.3, 0.4) is 0 Å². The molecule has 0 aromatic heterocycles. The van der Waals surface area contributed by atoms with E-state index in [1.165, 1.54) is 0 Å². The van der Waals surface area contributed by atoms with E-state index in [1.54, 1.807) is 0 Å². The number of hydrogen-bond acceptors (Lipinski definition) is 3. The van der Waals surface area contributed by atoms with Crippen LogP contribution < -0.4 is 0 Å². The maximum absolute atomic E-state index is 10.8. The molecule has 3 nitrogen and oxygen atoms in total. The van der Waals surface area contributed by atoms with Crippen LogP contribution in [0.25, 0.3) is 0 Å². The number of ketones is 1. The smallest absolute Gasteiger partial charge is 0.136 e. The minimum absolute atomic E-state index is 0.316. The van der Waals surface area contributed by atoms with E-state index in [-0.39, 0.29) is 0 Å². The first kappa shape index (κ1) is 7.69. The van der Waals surface area contributed by atoms with Gasteiger partial charge in [-0.3, -0.25) is 9.63 Å². The molecule has 0 atom stereocenters. The highest BCUT2D eigenvalue weighted by Crippen LogP contribution is 2.02. The van der Waals surface area contributed by atoms with Gasteiger partial charge in [-0.2, -0.15) is 5.06 Å². The van der Waals surface area contributed by atoms with Crippen molar-refractivity contribution in [1.82, 2.24) is 5.06 Å². The average Bonchev–Trinajstić information content (AvgIpc) is 2.14. The summed E-state index contributed by atoms with van der Waals surface area (Å²) in [4.78, 5) is 16.1. The highest BCUT2D eigenvalue weighted by atomic mass is 16.7. The molecule has 58 valence electrons. The second kappa shape index (κ2) is 3.68. The Bertz CT molecular complexity index is 125. The number of nitrogens with zero attached hydrogens (tertiary/aromatic N) is 1. The molecule has 0 aromatic carbocycles. The summed E-state index contributed by atoms with van der Waals surface area (Å²) in [6.07, 6.45) is 1.23. The molecule has 1 aliphatic heterocycles. The Labute approximate surface area is 60.9 Å². The van der Waals surface area contributed by atoms with E-state index in [2.05, 4.69) is 0 Å². The van der Waals surface area contributed by atoms with Crippen LogP contribution in [-0.2, 0) is 9.63 Å². The predicted octanol–water partition coefficient (Wildman–Crippen LogP) is 0.603. The number of hydroxylamine groups is 2. The Hall–Kier alpha value is -0.410. The van der Waals surface area contributed by atoms with Crippen LogP contribution in [0.4, 0.5) is 0 Å². The summed E-state index contributed by atoms with van der Waals surface area (Å²) < 4.78 is 0. The fraction of sp³-hybridized carbons (Fsp3) is 0.857. The Morgan fingerprint density at radius 3 is 3.10 bits per heavy atom. The third kappa shape index (κ3) is 2.08. The molecule has 3 heteroatoms. The maximum Gasteiger partial charge on any atom is 0.136 e. The van der Waals surface area contributed by atoms with Crippen molar-refractivity contribution in [2.45, 2.75) is 19.8 Å². The van der Waals surface area contributed by atoms with Crippen molar-refractivity contribution in [3.05, 3.63) is 0 Å². The third-order valence-corrected chi connectivity index (χ3v) is 1.65. The minimum Gasteiger partial charge on any atom is -0.300 e. The SMILES string of the molecule is CCN1CCC(=O)CCO1. The van der Waals surface area contributed by atoms with E-state index in [0.717, 1.165) is 13.1 Å². The van der Waals surface area contributed by atoms with Gasteiger partial charge in [0.15, 0.2) is 0 Å². The van der Waals surface area contributed by atoms with E-state index in [4.69, 9.17) is 4.84 Å². The number of rotatable bonds is 1. The van der Waals surface area contributed by atoms with Crippen molar-refractivity contribution in [2.75, 3.05) is 19.7 Å². The van der Waals surface area contributed by atoms with Gasteiger partial charge in [-0.25, -0.2) is 0 Å². The van der Waals surface area contributed by atoms with Crippen molar-refractivity contribution in [2.24, 2.45) is 0 Å². The van der Waals surface area contributed by atoms with Gasteiger partial charge in [0, 0.05) is 25.9 Å². The molecule has 1 heterocycles. The first-order valence-electron chi connectivity index (χ1n) is 3.72. The van der Waals surface area contributed by atoms with Gasteiger partial charge < -0.3 is 0 Å². The van der Waals surface area contributed by atoms with E-state index in [9.17, 15) is 4.79 Å². The molecule has 1 aliphatic rings. The fourth-order valence-electron chi connectivity index (χ4n) is 0.977. The number of carbonyl (C=O) groups is 1. The molecular formula is C7H13NO2. The highest BCUT2D eigenvalue weighted by molar-refractivity contribution is 5.78. The molecule has 0 unspecified atom stereocenters. The highest BCUT2D eigenvalue weighted by Gasteiger charge is 2.12. The van der Waals surface area contributed by atoms with E-state index < -0.39 is 0 Å². The third-order valence-electron chi connectivity index (χ3n) is 1.65. The van der Waals surface area contributed by atoms with Gasteiger partial charge in [-0.1, -0.05) is 6.92 Å². The summed E-state index contributed by atoms with van der Waals surface area (Å²) in [5.74, 6) is 0.316. The lowest BCUT2D eigenvalue weighted by Gasteiger charge is -2.15. The van der Waals surface area contributed by atoms with Crippen LogP contribution in [0.1, 0.15) is 19.8 Å². The topological polar surface area (TPSA) is 29.5 Å². The van der Waals surface area contributed by atoms with E-state index in [1.807, 2.05) is 12.0 Å². The van der Waals surface area contributed by atoms with Gasteiger partial charge in [0.2, 0.25) is 0 Å². The molecule has 0 aliphatic carbocycles. The molecule has 0 bridgehead atoms. The van der Waals surface area contributed by atoms with Gasteiger partial charge in [0.25, 0.3) is 0 Å². The second-order valence-electron chi connectivity index (χ2n) is 2.39.